The fraction of sp³-hybridized carbons (Fsp3) is 1.00. The zero-order chi connectivity index (χ0) is 5.91. The number of thioether (sulfide) groups is 1. The highest BCUT2D eigenvalue weighted by Gasteiger charge is 2.09. The molecule has 0 fully saturated rings. The molecule has 0 radical (unpaired) electrons. The number of halogens is 1. The van der Waals surface area contributed by atoms with Crippen LogP contribution in [0.5, 0.6) is 0 Å². The van der Waals surface area contributed by atoms with Gasteiger partial charge in [0.1, 0.15) is 0 Å². The Morgan fingerprint density at radius 1 is 1.57 bits per heavy atom. The van der Waals surface area contributed by atoms with Gasteiger partial charge in [0.15, 0.2) is 0 Å². The summed E-state index contributed by atoms with van der Waals surface area (Å²) in [5.41, 5.74) is 0. The Bertz CT molecular complexity index is 46.5. The molecule has 7 heavy (non-hydrogen) atoms. The predicted octanol–water partition coefficient (Wildman–Crippen LogP) is 2.52. The standard InChI is InChI=1S/C5H11BrS/c1-5(2,6)4-7-3/h4H2,1-3H3. The van der Waals surface area contributed by atoms with Crippen molar-refractivity contribution in [3.63, 3.8) is 0 Å². The van der Waals surface area contributed by atoms with Crippen molar-refractivity contribution in [2.75, 3.05) is 12.0 Å². The van der Waals surface area contributed by atoms with E-state index in [4.69, 9.17) is 0 Å². The molecule has 0 atom stereocenters. The van der Waals surface area contributed by atoms with Crippen molar-refractivity contribution < 1.29 is 0 Å². The Morgan fingerprint density at radius 2 is 2.00 bits per heavy atom. The molecular weight excluding hydrogens is 172 g/mol. The van der Waals surface area contributed by atoms with Crippen molar-refractivity contribution in [2.45, 2.75) is 18.2 Å². The summed E-state index contributed by atoms with van der Waals surface area (Å²) in [6.45, 7) is 4.34. The fourth-order valence-corrected chi connectivity index (χ4v) is 1.72. The van der Waals surface area contributed by atoms with Crippen LogP contribution in [0.2, 0.25) is 0 Å². The maximum Gasteiger partial charge on any atom is 0.0291 e. The van der Waals surface area contributed by atoms with Crippen LogP contribution >= 0.6 is 27.7 Å². The largest absolute Gasteiger partial charge is 0.164 e. The van der Waals surface area contributed by atoms with Crippen molar-refractivity contribution in [2.24, 2.45) is 0 Å². The minimum Gasteiger partial charge on any atom is -0.164 e. The van der Waals surface area contributed by atoms with E-state index in [9.17, 15) is 0 Å². The summed E-state index contributed by atoms with van der Waals surface area (Å²) in [5, 5.41) is 0. The predicted molar refractivity (Wildman–Crippen MR) is 41.4 cm³/mol. The topological polar surface area (TPSA) is 0 Å². The lowest BCUT2D eigenvalue weighted by atomic mass is 10.3. The fourth-order valence-electron chi connectivity index (χ4n) is 0.343. The van der Waals surface area contributed by atoms with E-state index in [0.29, 0.717) is 4.32 Å². The normalized spacial score (nSPS) is 12.0. The molecule has 0 aliphatic heterocycles. The molecule has 0 aliphatic rings. The molecule has 0 bridgehead atoms. The molecule has 0 unspecified atom stereocenters. The number of rotatable bonds is 2. The quantitative estimate of drug-likeness (QED) is 0.593. The van der Waals surface area contributed by atoms with Gasteiger partial charge in [-0.2, -0.15) is 11.8 Å². The first-order valence-electron chi connectivity index (χ1n) is 2.24. The van der Waals surface area contributed by atoms with Gasteiger partial charge in [-0.3, -0.25) is 0 Å². The molecule has 0 spiro atoms. The van der Waals surface area contributed by atoms with Gasteiger partial charge >= 0.3 is 0 Å². The Balaban J connectivity index is 3.15. The summed E-state index contributed by atoms with van der Waals surface area (Å²) in [7, 11) is 0. The maximum absolute atomic E-state index is 3.52. The van der Waals surface area contributed by atoms with E-state index in [1.54, 1.807) is 0 Å². The van der Waals surface area contributed by atoms with E-state index in [2.05, 4.69) is 36.0 Å². The highest BCUT2D eigenvalue weighted by molar-refractivity contribution is 9.10. The maximum atomic E-state index is 3.52. The van der Waals surface area contributed by atoms with Crippen LogP contribution < -0.4 is 0 Å². The van der Waals surface area contributed by atoms with Crippen LogP contribution in [0.25, 0.3) is 0 Å². The molecule has 0 amide bonds. The first-order chi connectivity index (χ1) is 3.06. The Morgan fingerprint density at radius 3 is 2.00 bits per heavy atom. The third kappa shape index (κ3) is 6.83. The molecule has 0 rings (SSSR count). The summed E-state index contributed by atoms with van der Waals surface area (Å²) in [6.07, 6.45) is 2.11. The average Bonchev–Trinajstić information content (AvgIpc) is 1.30. The monoisotopic (exact) mass is 182 g/mol. The van der Waals surface area contributed by atoms with Gasteiger partial charge in [-0.05, 0) is 20.1 Å². The minimum atomic E-state index is 0.326. The Labute approximate surface area is 58.2 Å². The van der Waals surface area contributed by atoms with Gasteiger partial charge in [-0.25, -0.2) is 0 Å². The van der Waals surface area contributed by atoms with E-state index in [1.807, 2.05) is 11.8 Å². The van der Waals surface area contributed by atoms with Crippen molar-refractivity contribution in [3.05, 3.63) is 0 Å². The number of alkyl halides is 1. The van der Waals surface area contributed by atoms with Crippen LogP contribution in [0.4, 0.5) is 0 Å². The first kappa shape index (κ1) is 7.83. The second-order valence-corrected chi connectivity index (χ2v) is 5.16. The van der Waals surface area contributed by atoms with E-state index in [0.717, 1.165) is 0 Å². The molecular formula is C5H11BrS. The summed E-state index contributed by atoms with van der Waals surface area (Å²) >= 11 is 5.38. The first-order valence-corrected chi connectivity index (χ1v) is 4.43. The summed E-state index contributed by atoms with van der Waals surface area (Å²) in [6, 6.07) is 0. The molecule has 0 aliphatic carbocycles. The molecule has 0 N–H and O–H groups in total. The van der Waals surface area contributed by atoms with E-state index >= 15 is 0 Å². The molecule has 0 aromatic rings. The van der Waals surface area contributed by atoms with Gasteiger partial charge in [0.05, 0.1) is 0 Å². The zero-order valence-electron chi connectivity index (χ0n) is 4.99. The average molecular weight is 183 g/mol. The summed E-state index contributed by atoms with van der Waals surface area (Å²) in [4.78, 5) is 0. The third-order valence-electron chi connectivity index (χ3n) is 0.488. The van der Waals surface area contributed by atoms with Crippen molar-refractivity contribution in [3.8, 4) is 0 Å². The van der Waals surface area contributed by atoms with E-state index < -0.39 is 0 Å². The van der Waals surface area contributed by atoms with Crippen LogP contribution in [0.15, 0.2) is 0 Å². The number of hydrogen-bond acceptors (Lipinski definition) is 1. The van der Waals surface area contributed by atoms with Crippen LogP contribution in [-0.4, -0.2) is 16.3 Å². The smallest absolute Gasteiger partial charge is 0.0291 e. The lowest BCUT2D eigenvalue weighted by molar-refractivity contribution is 0.838. The van der Waals surface area contributed by atoms with Crippen LogP contribution in [0, 0.1) is 0 Å². The van der Waals surface area contributed by atoms with Crippen molar-refractivity contribution >= 4 is 27.7 Å². The molecule has 0 nitrogen and oxygen atoms in total. The van der Waals surface area contributed by atoms with Crippen molar-refractivity contribution in [1.82, 2.24) is 0 Å². The summed E-state index contributed by atoms with van der Waals surface area (Å²) in [5.74, 6) is 1.17. The van der Waals surface area contributed by atoms with E-state index in [1.165, 1.54) is 5.75 Å². The zero-order valence-corrected chi connectivity index (χ0v) is 7.40. The van der Waals surface area contributed by atoms with E-state index in [-0.39, 0.29) is 0 Å². The molecule has 0 aromatic carbocycles. The van der Waals surface area contributed by atoms with Crippen molar-refractivity contribution in [1.29, 1.82) is 0 Å². The van der Waals surface area contributed by atoms with Crippen LogP contribution in [0.1, 0.15) is 13.8 Å². The molecule has 0 aromatic heterocycles. The van der Waals surface area contributed by atoms with Crippen LogP contribution in [0.3, 0.4) is 0 Å². The minimum absolute atomic E-state index is 0.326. The summed E-state index contributed by atoms with van der Waals surface area (Å²) < 4.78 is 0.326. The Kier molecular flexibility index (Phi) is 3.33. The van der Waals surface area contributed by atoms with Gasteiger partial charge in [0, 0.05) is 10.1 Å². The second-order valence-electron chi connectivity index (χ2n) is 2.15. The van der Waals surface area contributed by atoms with Crippen LogP contribution in [-0.2, 0) is 0 Å². The lowest BCUT2D eigenvalue weighted by Crippen LogP contribution is -2.11. The molecule has 0 saturated carbocycles. The SMILES string of the molecule is CSCC(C)(C)Br. The molecule has 44 valence electrons. The molecule has 0 saturated heterocycles. The lowest BCUT2D eigenvalue weighted by Gasteiger charge is -2.12. The second kappa shape index (κ2) is 2.98. The highest BCUT2D eigenvalue weighted by Crippen LogP contribution is 2.19. The number of hydrogen-bond donors (Lipinski definition) is 0. The van der Waals surface area contributed by atoms with Gasteiger partial charge in [-0.1, -0.05) is 15.9 Å². The Hall–Kier alpha value is 0.830. The van der Waals surface area contributed by atoms with Gasteiger partial charge in [0.25, 0.3) is 0 Å². The van der Waals surface area contributed by atoms with Gasteiger partial charge < -0.3 is 0 Å². The third-order valence-corrected chi connectivity index (χ3v) is 2.15. The molecule has 0 heterocycles. The van der Waals surface area contributed by atoms with Gasteiger partial charge in [-0.15, -0.1) is 0 Å². The highest BCUT2D eigenvalue weighted by atomic mass is 79.9. The van der Waals surface area contributed by atoms with Gasteiger partial charge in [0.2, 0.25) is 0 Å². The molecule has 2 heteroatoms.